The highest BCUT2D eigenvalue weighted by Crippen LogP contribution is 2.32. The van der Waals surface area contributed by atoms with Gasteiger partial charge in [0.15, 0.2) is 0 Å². The van der Waals surface area contributed by atoms with Crippen LogP contribution in [0.5, 0.6) is 0 Å². The van der Waals surface area contributed by atoms with E-state index in [4.69, 9.17) is 0 Å². The van der Waals surface area contributed by atoms with Crippen molar-refractivity contribution in [2.75, 3.05) is 20.1 Å². The van der Waals surface area contributed by atoms with E-state index in [2.05, 4.69) is 21.2 Å². The van der Waals surface area contributed by atoms with Gasteiger partial charge in [0.2, 0.25) is 10.0 Å². The van der Waals surface area contributed by atoms with E-state index in [0.29, 0.717) is 28.4 Å². The van der Waals surface area contributed by atoms with Crippen molar-refractivity contribution in [2.24, 2.45) is 5.92 Å². The Labute approximate surface area is 129 Å². The van der Waals surface area contributed by atoms with E-state index in [9.17, 15) is 8.42 Å². The fourth-order valence-corrected chi connectivity index (χ4v) is 4.27. The second kappa shape index (κ2) is 6.56. The van der Waals surface area contributed by atoms with Crippen LogP contribution in [0.15, 0.2) is 27.6 Å². The molecule has 2 rings (SSSR count). The molecule has 4 nitrogen and oxygen atoms in total. The van der Waals surface area contributed by atoms with Crippen molar-refractivity contribution in [1.82, 2.24) is 9.62 Å². The van der Waals surface area contributed by atoms with Crippen molar-refractivity contribution in [3.8, 4) is 0 Å². The van der Waals surface area contributed by atoms with Crippen molar-refractivity contribution < 1.29 is 8.42 Å². The molecule has 0 atom stereocenters. The third-order valence-electron chi connectivity index (χ3n) is 3.48. The highest BCUT2D eigenvalue weighted by Gasteiger charge is 2.30. The molecule has 1 fully saturated rings. The fraction of sp³-hybridized carbons (Fsp3) is 0.571. The molecule has 0 amide bonds. The maximum atomic E-state index is 12.6. The van der Waals surface area contributed by atoms with E-state index in [1.807, 2.05) is 19.1 Å². The molecular weight excluding hydrogens is 340 g/mol. The Morgan fingerprint density at radius 3 is 2.70 bits per heavy atom. The molecule has 1 aliphatic rings. The summed E-state index contributed by atoms with van der Waals surface area (Å²) in [5.41, 5.74) is 0.980. The Morgan fingerprint density at radius 1 is 1.40 bits per heavy atom. The van der Waals surface area contributed by atoms with Crippen LogP contribution in [-0.4, -0.2) is 32.9 Å². The standard InChI is InChI=1S/C14H21BrN2O2S/c1-3-16-9-12-6-7-13(15)14(8-12)20(18,19)17(2)10-11-4-5-11/h6-8,11,16H,3-5,9-10H2,1-2H3. The largest absolute Gasteiger partial charge is 0.313 e. The minimum absolute atomic E-state index is 0.357. The summed E-state index contributed by atoms with van der Waals surface area (Å²) in [4.78, 5) is 0.357. The Morgan fingerprint density at radius 2 is 2.10 bits per heavy atom. The number of halogens is 1. The third-order valence-corrected chi connectivity index (χ3v) is 6.29. The van der Waals surface area contributed by atoms with Gasteiger partial charge in [0.1, 0.15) is 0 Å². The van der Waals surface area contributed by atoms with Gasteiger partial charge in [-0.3, -0.25) is 0 Å². The molecule has 6 heteroatoms. The zero-order valence-electron chi connectivity index (χ0n) is 11.9. The van der Waals surface area contributed by atoms with Crippen LogP contribution in [0.1, 0.15) is 25.3 Å². The van der Waals surface area contributed by atoms with Crippen LogP contribution < -0.4 is 5.32 Å². The second-order valence-electron chi connectivity index (χ2n) is 5.27. The topological polar surface area (TPSA) is 49.4 Å². The van der Waals surface area contributed by atoms with Crippen LogP contribution in [0.4, 0.5) is 0 Å². The maximum Gasteiger partial charge on any atom is 0.243 e. The van der Waals surface area contributed by atoms with Gasteiger partial charge in [0.25, 0.3) is 0 Å². The number of sulfonamides is 1. The summed E-state index contributed by atoms with van der Waals surface area (Å²) in [7, 11) is -1.75. The van der Waals surface area contributed by atoms with Gasteiger partial charge < -0.3 is 5.32 Å². The van der Waals surface area contributed by atoms with Crippen molar-refractivity contribution in [3.05, 3.63) is 28.2 Å². The number of hydrogen-bond donors (Lipinski definition) is 1. The Balaban J connectivity index is 2.24. The first-order chi connectivity index (χ1) is 9.45. The molecule has 20 heavy (non-hydrogen) atoms. The fourth-order valence-electron chi connectivity index (χ4n) is 2.05. The van der Waals surface area contributed by atoms with E-state index in [-0.39, 0.29) is 0 Å². The Hall–Kier alpha value is -0.430. The van der Waals surface area contributed by atoms with Crippen LogP contribution in [0.3, 0.4) is 0 Å². The van der Waals surface area contributed by atoms with Gasteiger partial charge in [0, 0.05) is 24.6 Å². The molecule has 1 N–H and O–H groups in total. The zero-order chi connectivity index (χ0) is 14.8. The zero-order valence-corrected chi connectivity index (χ0v) is 14.3. The lowest BCUT2D eigenvalue weighted by atomic mass is 10.2. The van der Waals surface area contributed by atoms with Crippen LogP contribution in [0.25, 0.3) is 0 Å². The van der Waals surface area contributed by atoms with Gasteiger partial charge in [-0.1, -0.05) is 13.0 Å². The van der Waals surface area contributed by atoms with Gasteiger partial charge >= 0.3 is 0 Å². The van der Waals surface area contributed by atoms with Crippen LogP contribution in [0.2, 0.25) is 0 Å². The second-order valence-corrected chi connectivity index (χ2v) is 8.14. The summed E-state index contributed by atoms with van der Waals surface area (Å²) in [5.74, 6) is 0.540. The maximum absolute atomic E-state index is 12.6. The van der Waals surface area contributed by atoms with Gasteiger partial charge in [0.05, 0.1) is 4.90 Å². The van der Waals surface area contributed by atoms with E-state index in [1.165, 1.54) is 4.31 Å². The molecule has 1 aliphatic carbocycles. The van der Waals surface area contributed by atoms with E-state index >= 15 is 0 Å². The minimum atomic E-state index is -3.41. The number of rotatable bonds is 7. The van der Waals surface area contributed by atoms with E-state index < -0.39 is 10.0 Å². The molecule has 0 unspecified atom stereocenters. The van der Waals surface area contributed by atoms with Gasteiger partial charge in [-0.25, -0.2) is 12.7 Å². The van der Waals surface area contributed by atoms with Crippen LogP contribution >= 0.6 is 15.9 Å². The number of hydrogen-bond acceptors (Lipinski definition) is 3. The molecule has 0 heterocycles. The molecule has 0 saturated heterocycles. The average molecular weight is 361 g/mol. The molecule has 0 bridgehead atoms. The van der Waals surface area contributed by atoms with Crippen LogP contribution in [-0.2, 0) is 16.6 Å². The third kappa shape index (κ3) is 3.81. The Kier molecular flexibility index (Phi) is 5.23. The van der Waals surface area contributed by atoms with E-state index in [1.54, 1.807) is 13.1 Å². The molecule has 1 aromatic rings. The SMILES string of the molecule is CCNCc1ccc(Br)c(S(=O)(=O)N(C)CC2CC2)c1. The van der Waals surface area contributed by atoms with Gasteiger partial charge in [-0.05, 0) is 58.9 Å². The summed E-state index contributed by atoms with van der Waals surface area (Å²) in [5, 5.41) is 3.21. The summed E-state index contributed by atoms with van der Waals surface area (Å²) in [6.45, 7) is 4.19. The molecule has 0 aliphatic heterocycles. The van der Waals surface area contributed by atoms with Crippen molar-refractivity contribution in [1.29, 1.82) is 0 Å². The first kappa shape index (κ1) is 15.9. The lowest BCUT2D eigenvalue weighted by molar-refractivity contribution is 0.452. The quantitative estimate of drug-likeness (QED) is 0.812. The average Bonchev–Trinajstić information content (AvgIpc) is 3.21. The van der Waals surface area contributed by atoms with Gasteiger partial charge in [-0.2, -0.15) is 0 Å². The molecule has 0 aromatic heterocycles. The predicted octanol–water partition coefficient (Wildman–Crippen LogP) is 2.59. The van der Waals surface area contributed by atoms with Crippen LogP contribution in [0, 0.1) is 5.92 Å². The molecular formula is C14H21BrN2O2S. The molecule has 1 saturated carbocycles. The Bertz CT molecular complexity index is 571. The molecule has 0 spiro atoms. The number of benzene rings is 1. The normalized spacial score (nSPS) is 15.8. The molecule has 1 aromatic carbocycles. The van der Waals surface area contributed by atoms with Gasteiger partial charge in [-0.15, -0.1) is 0 Å². The van der Waals surface area contributed by atoms with Crippen molar-refractivity contribution >= 4 is 26.0 Å². The highest BCUT2D eigenvalue weighted by molar-refractivity contribution is 9.10. The number of nitrogens with one attached hydrogen (secondary N) is 1. The van der Waals surface area contributed by atoms with Crippen molar-refractivity contribution in [2.45, 2.75) is 31.2 Å². The predicted molar refractivity (Wildman–Crippen MR) is 84.1 cm³/mol. The summed E-state index contributed by atoms with van der Waals surface area (Å²) < 4.78 is 27.3. The van der Waals surface area contributed by atoms with Crippen molar-refractivity contribution in [3.63, 3.8) is 0 Å². The summed E-state index contributed by atoms with van der Waals surface area (Å²) in [6.07, 6.45) is 2.28. The minimum Gasteiger partial charge on any atom is -0.313 e. The lowest BCUT2D eigenvalue weighted by Crippen LogP contribution is -2.29. The summed E-state index contributed by atoms with van der Waals surface area (Å²) in [6, 6.07) is 5.50. The highest BCUT2D eigenvalue weighted by atomic mass is 79.9. The first-order valence-corrected chi connectivity index (χ1v) is 9.14. The smallest absolute Gasteiger partial charge is 0.243 e. The van der Waals surface area contributed by atoms with E-state index in [0.717, 1.165) is 24.9 Å². The molecule has 0 radical (unpaired) electrons. The number of nitrogens with zero attached hydrogens (tertiary/aromatic N) is 1. The molecule has 112 valence electrons. The monoisotopic (exact) mass is 360 g/mol. The first-order valence-electron chi connectivity index (χ1n) is 6.90. The summed E-state index contributed by atoms with van der Waals surface area (Å²) >= 11 is 3.36. The lowest BCUT2D eigenvalue weighted by Gasteiger charge is -2.18.